The standard InChI is InChI=1S/C8H9FOS/c1-10-6-3-4-8(11-2)7(9)5-6/h3-5H,1-2H3. The van der Waals surface area contributed by atoms with Gasteiger partial charge in [0.15, 0.2) is 0 Å². The number of ether oxygens (including phenoxy) is 1. The molecule has 0 saturated heterocycles. The molecule has 3 heteroatoms. The molecule has 0 spiro atoms. The van der Waals surface area contributed by atoms with E-state index in [1.54, 1.807) is 12.1 Å². The Morgan fingerprint density at radius 1 is 1.45 bits per heavy atom. The van der Waals surface area contributed by atoms with E-state index in [1.165, 1.54) is 24.9 Å². The van der Waals surface area contributed by atoms with Crippen LogP contribution in [-0.4, -0.2) is 13.4 Å². The molecule has 0 radical (unpaired) electrons. The van der Waals surface area contributed by atoms with Crippen molar-refractivity contribution in [2.24, 2.45) is 0 Å². The van der Waals surface area contributed by atoms with Crippen molar-refractivity contribution in [3.05, 3.63) is 24.0 Å². The molecule has 0 aromatic heterocycles. The Morgan fingerprint density at radius 2 is 2.18 bits per heavy atom. The van der Waals surface area contributed by atoms with Gasteiger partial charge in [-0.25, -0.2) is 4.39 Å². The van der Waals surface area contributed by atoms with Crippen molar-refractivity contribution >= 4 is 11.8 Å². The van der Waals surface area contributed by atoms with Crippen LogP contribution in [0.1, 0.15) is 0 Å². The van der Waals surface area contributed by atoms with Crippen LogP contribution < -0.4 is 4.74 Å². The summed E-state index contributed by atoms with van der Waals surface area (Å²) in [6.45, 7) is 0. The zero-order chi connectivity index (χ0) is 8.27. The predicted molar refractivity (Wildman–Crippen MR) is 44.7 cm³/mol. The highest BCUT2D eigenvalue weighted by Crippen LogP contribution is 2.22. The predicted octanol–water partition coefficient (Wildman–Crippen LogP) is 2.56. The second kappa shape index (κ2) is 3.62. The van der Waals surface area contributed by atoms with E-state index >= 15 is 0 Å². The topological polar surface area (TPSA) is 9.23 Å². The van der Waals surface area contributed by atoms with E-state index in [-0.39, 0.29) is 5.82 Å². The van der Waals surface area contributed by atoms with E-state index in [0.717, 1.165) is 0 Å². The minimum atomic E-state index is -0.225. The fourth-order valence-corrected chi connectivity index (χ4v) is 1.23. The minimum absolute atomic E-state index is 0.225. The molecule has 1 nitrogen and oxygen atoms in total. The van der Waals surface area contributed by atoms with Crippen molar-refractivity contribution in [2.75, 3.05) is 13.4 Å². The van der Waals surface area contributed by atoms with E-state index in [2.05, 4.69) is 0 Å². The highest BCUT2D eigenvalue weighted by molar-refractivity contribution is 7.98. The number of hydrogen-bond acceptors (Lipinski definition) is 2. The summed E-state index contributed by atoms with van der Waals surface area (Å²) in [4.78, 5) is 0.644. The van der Waals surface area contributed by atoms with E-state index in [1.807, 2.05) is 6.26 Å². The summed E-state index contributed by atoms with van der Waals surface area (Å²) in [6, 6.07) is 4.83. The van der Waals surface area contributed by atoms with Gasteiger partial charge in [-0.3, -0.25) is 0 Å². The molecule has 1 aromatic carbocycles. The van der Waals surface area contributed by atoms with Gasteiger partial charge < -0.3 is 4.74 Å². The lowest BCUT2D eigenvalue weighted by molar-refractivity contribution is 0.410. The molecule has 1 aromatic rings. The summed E-state index contributed by atoms with van der Waals surface area (Å²) in [7, 11) is 1.52. The number of halogens is 1. The van der Waals surface area contributed by atoms with Gasteiger partial charge in [-0.05, 0) is 18.4 Å². The molecule has 0 aliphatic heterocycles. The lowest BCUT2D eigenvalue weighted by Crippen LogP contribution is -1.85. The first kappa shape index (κ1) is 8.40. The molecule has 11 heavy (non-hydrogen) atoms. The normalized spacial score (nSPS) is 9.73. The molecule has 0 amide bonds. The average Bonchev–Trinajstić information content (AvgIpc) is 2.04. The van der Waals surface area contributed by atoms with Gasteiger partial charge in [0.1, 0.15) is 11.6 Å². The third-order valence-corrected chi connectivity index (χ3v) is 2.13. The first-order chi connectivity index (χ1) is 5.27. The van der Waals surface area contributed by atoms with Crippen LogP contribution in [-0.2, 0) is 0 Å². The maximum atomic E-state index is 12.9. The van der Waals surface area contributed by atoms with Gasteiger partial charge in [0.25, 0.3) is 0 Å². The smallest absolute Gasteiger partial charge is 0.140 e. The highest BCUT2D eigenvalue weighted by Gasteiger charge is 2.00. The second-order valence-electron chi connectivity index (χ2n) is 2.00. The number of methoxy groups -OCH3 is 1. The van der Waals surface area contributed by atoms with Gasteiger partial charge in [-0.2, -0.15) is 0 Å². The number of rotatable bonds is 2. The monoisotopic (exact) mass is 172 g/mol. The van der Waals surface area contributed by atoms with E-state index in [0.29, 0.717) is 10.6 Å². The average molecular weight is 172 g/mol. The Kier molecular flexibility index (Phi) is 2.76. The minimum Gasteiger partial charge on any atom is -0.497 e. The fraction of sp³-hybridized carbons (Fsp3) is 0.250. The summed E-state index contributed by atoms with van der Waals surface area (Å²) < 4.78 is 17.8. The second-order valence-corrected chi connectivity index (χ2v) is 2.85. The molecule has 0 unspecified atom stereocenters. The molecule has 1 rings (SSSR count). The Hall–Kier alpha value is -0.700. The molecular weight excluding hydrogens is 163 g/mol. The van der Waals surface area contributed by atoms with Crippen LogP contribution in [0.15, 0.2) is 23.1 Å². The van der Waals surface area contributed by atoms with Gasteiger partial charge in [0.05, 0.1) is 7.11 Å². The molecule has 0 heterocycles. The largest absolute Gasteiger partial charge is 0.497 e. The van der Waals surface area contributed by atoms with Gasteiger partial charge in [0, 0.05) is 11.0 Å². The maximum Gasteiger partial charge on any atom is 0.140 e. The summed E-state index contributed by atoms with van der Waals surface area (Å²) >= 11 is 1.38. The van der Waals surface area contributed by atoms with Gasteiger partial charge in [0.2, 0.25) is 0 Å². The van der Waals surface area contributed by atoms with Crippen molar-refractivity contribution < 1.29 is 9.13 Å². The lowest BCUT2D eigenvalue weighted by Gasteiger charge is -2.01. The highest BCUT2D eigenvalue weighted by atomic mass is 32.2. The first-order valence-electron chi connectivity index (χ1n) is 3.15. The van der Waals surface area contributed by atoms with E-state index in [4.69, 9.17) is 4.74 Å². The fourth-order valence-electron chi connectivity index (χ4n) is 0.774. The van der Waals surface area contributed by atoms with Crippen LogP contribution in [0.5, 0.6) is 5.75 Å². The molecule has 60 valence electrons. The Bertz CT molecular complexity index is 250. The molecule has 0 N–H and O–H groups in total. The SMILES string of the molecule is COc1ccc(SC)c(F)c1. The molecule has 0 aliphatic carbocycles. The molecule has 0 fully saturated rings. The number of benzene rings is 1. The molecule has 0 atom stereocenters. The molecule has 0 bridgehead atoms. The van der Waals surface area contributed by atoms with Crippen molar-refractivity contribution in [3.8, 4) is 5.75 Å². The number of hydrogen-bond donors (Lipinski definition) is 0. The summed E-state index contributed by atoms with van der Waals surface area (Å²) in [5.74, 6) is 0.331. The zero-order valence-electron chi connectivity index (χ0n) is 6.43. The van der Waals surface area contributed by atoms with Crippen LogP contribution in [0.3, 0.4) is 0 Å². The Balaban J connectivity index is 2.99. The Morgan fingerprint density at radius 3 is 2.64 bits per heavy atom. The van der Waals surface area contributed by atoms with Gasteiger partial charge in [-0.15, -0.1) is 11.8 Å². The van der Waals surface area contributed by atoms with Crippen LogP contribution in [0.2, 0.25) is 0 Å². The first-order valence-corrected chi connectivity index (χ1v) is 4.38. The van der Waals surface area contributed by atoms with E-state index in [9.17, 15) is 4.39 Å². The third-order valence-electron chi connectivity index (χ3n) is 1.36. The van der Waals surface area contributed by atoms with Crippen molar-refractivity contribution in [1.82, 2.24) is 0 Å². The Labute approximate surface area is 69.6 Å². The van der Waals surface area contributed by atoms with Crippen molar-refractivity contribution in [2.45, 2.75) is 4.90 Å². The van der Waals surface area contributed by atoms with Crippen LogP contribution in [0.25, 0.3) is 0 Å². The summed E-state index contributed by atoms with van der Waals surface area (Å²) in [6.07, 6.45) is 1.84. The van der Waals surface area contributed by atoms with Gasteiger partial charge >= 0.3 is 0 Å². The third kappa shape index (κ3) is 1.87. The quantitative estimate of drug-likeness (QED) is 0.634. The van der Waals surface area contributed by atoms with Crippen LogP contribution >= 0.6 is 11.8 Å². The van der Waals surface area contributed by atoms with Crippen LogP contribution in [0, 0.1) is 5.82 Å². The summed E-state index contributed by atoms with van der Waals surface area (Å²) in [5.41, 5.74) is 0. The molecule has 0 aliphatic rings. The molecule has 0 saturated carbocycles. The maximum absolute atomic E-state index is 12.9. The van der Waals surface area contributed by atoms with Crippen molar-refractivity contribution in [1.29, 1.82) is 0 Å². The van der Waals surface area contributed by atoms with E-state index < -0.39 is 0 Å². The van der Waals surface area contributed by atoms with Crippen LogP contribution in [0.4, 0.5) is 4.39 Å². The van der Waals surface area contributed by atoms with Gasteiger partial charge in [-0.1, -0.05) is 0 Å². The van der Waals surface area contributed by atoms with Crippen molar-refractivity contribution in [3.63, 3.8) is 0 Å². The summed E-state index contributed by atoms with van der Waals surface area (Å²) in [5, 5.41) is 0. The lowest BCUT2D eigenvalue weighted by atomic mass is 10.3. The number of thioether (sulfide) groups is 1. The molecular formula is C8H9FOS. The zero-order valence-corrected chi connectivity index (χ0v) is 7.24.